The van der Waals surface area contributed by atoms with E-state index in [0.29, 0.717) is 6.08 Å². The highest BCUT2D eigenvalue weighted by molar-refractivity contribution is 5.87. The maximum atomic E-state index is 13.7. The molecule has 0 fully saturated rings. The monoisotopic (exact) mass is 291 g/mol. The molecule has 1 rings (SSSR count). The zero-order chi connectivity index (χ0) is 15.3. The summed E-state index contributed by atoms with van der Waals surface area (Å²) in [5.41, 5.74) is -0.177. The zero-order valence-corrected chi connectivity index (χ0v) is 10.6. The number of aliphatic carboxylic acids is 1. The van der Waals surface area contributed by atoms with Crippen LogP contribution in [0.1, 0.15) is 12.5 Å². The van der Waals surface area contributed by atoms with E-state index >= 15 is 0 Å². The number of carboxylic acid groups (broad SMARTS) is 1. The van der Waals surface area contributed by atoms with Crippen LogP contribution in [0.2, 0.25) is 0 Å². The van der Waals surface area contributed by atoms with Crippen molar-refractivity contribution in [1.29, 1.82) is 0 Å². The number of rotatable bonds is 5. The average molecular weight is 291 g/mol. The Morgan fingerprint density at radius 2 is 2.05 bits per heavy atom. The highest BCUT2D eigenvalue weighted by Gasteiger charge is 2.31. The molecular formula is C13H13F4NO2. The minimum absolute atomic E-state index is 0.00215. The SMILES string of the molecule is CCN(CC(F)(F)F)c1cccc(F)c1/C=C/C(=O)O. The zero-order valence-electron chi connectivity index (χ0n) is 10.6. The molecule has 0 amide bonds. The van der Waals surface area contributed by atoms with Crippen molar-refractivity contribution in [2.75, 3.05) is 18.0 Å². The van der Waals surface area contributed by atoms with E-state index in [1.165, 1.54) is 19.1 Å². The molecule has 20 heavy (non-hydrogen) atoms. The molecule has 0 aliphatic rings. The van der Waals surface area contributed by atoms with E-state index in [1.54, 1.807) is 0 Å². The summed E-state index contributed by atoms with van der Waals surface area (Å²) in [7, 11) is 0. The van der Waals surface area contributed by atoms with Gasteiger partial charge in [-0.15, -0.1) is 0 Å². The third-order valence-electron chi connectivity index (χ3n) is 2.52. The summed E-state index contributed by atoms with van der Waals surface area (Å²) in [6.45, 7) is 0.277. The van der Waals surface area contributed by atoms with Gasteiger partial charge in [-0.1, -0.05) is 6.07 Å². The minimum Gasteiger partial charge on any atom is -0.478 e. The van der Waals surface area contributed by atoms with Gasteiger partial charge in [-0.05, 0) is 25.1 Å². The van der Waals surface area contributed by atoms with Gasteiger partial charge in [0.1, 0.15) is 12.4 Å². The van der Waals surface area contributed by atoms with Crippen molar-refractivity contribution >= 4 is 17.7 Å². The summed E-state index contributed by atoms with van der Waals surface area (Å²) >= 11 is 0. The molecule has 0 aliphatic heterocycles. The van der Waals surface area contributed by atoms with Gasteiger partial charge in [-0.3, -0.25) is 0 Å². The number of carbonyl (C=O) groups is 1. The highest BCUT2D eigenvalue weighted by Crippen LogP contribution is 2.27. The van der Waals surface area contributed by atoms with Crippen LogP contribution in [-0.4, -0.2) is 30.3 Å². The molecule has 0 aromatic heterocycles. The second kappa shape index (κ2) is 6.40. The van der Waals surface area contributed by atoms with Crippen LogP contribution in [0.3, 0.4) is 0 Å². The van der Waals surface area contributed by atoms with E-state index in [1.807, 2.05) is 0 Å². The largest absolute Gasteiger partial charge is 0.478 e. The summed E-state index contributed by atoms with van der Waals surface area (Å²) in [5, 5.41) is 8.54. The lowest BCUT2D eigenvalue weighted by Crippen LogP contribution is -2.34. The van der Waals surface area contributed by atoms with Crippen LogP contribution in [0.4, 0.5) is 23.2 Å². The fourth-order valence-electron chi connectivity index (χ4n) is 1.70. The molecule has 0 bridgehead atoms. The molecule has 0 atom stereocenters. The Hall–Kier alpha value is -2.05. The Morgan fingerprint density at radius 3 is 2.55 bits per heavy atom. The van der Waals surface area contributed by atoms with E-state index in [-0.39, 0.29) is 17.8 Å². The molecule has 0 saturated carbocycles. The number of nitrogens with zero attached hydrogens (tertiary/aromatic N) is 1. The van der Waals surface area contributed by atoms with Crippen LogP contribution in [0.15, 0.2) is 24.3 Å². The number of halogens is 4. The van der Waals surface area contributed by atoms with Crippen LogP contribution in [0, 0.1) is 5.82 Å². The molecule has 0 heterocycles. The van der Waals surface area contributed by atoms with Crippen molar-refractivity contribution < 1.29 is 27.5 Å². The minimum atomic E-state index is -4.43. The number of anilines is 1. The van der Waals surface area contributed by atoms with Crippen molar-refractivity contribution in [2.24, 2.45) is 0 Å². The Morgan fingerprint density at radius 1 is 1.40 bits per heavy atom. The molecule has 0 unspecified atom stereocenters. The normalized spacial score (nSPS) is 11.8. The Balaban J connectivity index is 3.21. The van der Waals surface area contributed by atoms with Gasteiger partial charge in [0.2, 0.25) is 0 Å². The van der Waals surface area contributed by atoms with E-state index < -0.39 is 24.5 Å². The second-order valence-corrected chi connectivity index (χ2v) is 3.97. The van der Waals surface area contributed by atoms with Gasteiger partial charge in [0.25, 0.3) is 0 Å². The van der Waals surface area contributed by atoms with Gasteiger partial charge in [0.05, 0.1) is 0 Å². The highest BCUT2D eigenvalue weighted by atomic mass is 19.4. The predicted octanol–water partition coefficient (Wildman–Crippen LogP) is 3.31. The molecule has 1 N–H and O–H groups in total. The summed E-state index contributed by atoms with van der Waals surface area (Å²) in [6.07, 6.45) is -2.80. The lowest BCUT2D eigenvalue weighted by atomic mass is 10.1. The number of carboxylic acids is 1. The summed E-state index contributed by atoms with van der Waals surface area (Å²) < 4.78 is 51.1. The van der Waals surface area contributed by atoms with E-state index in [2.05, 4.69) is 0 Å². The first kappa shape index (κ1) is 16.0. The molecule has 0 spiro atoms. The van der Waals surface area contributed by atoms with Crippen LogP contribution in [0.25, 0.3) is 6.08 Å². The van der Waals surface area contributed by atoms with E-state index in [0.717, 1.165) is 17.0 Å². The average Bonchev–Trinajstić information content (AvgIpc) is 2.33. The first-order valence-electron chi connectivity index (χ1n) is 5.76. The van der Waals surface area contributed by atoms with Crippen LogP contribution in [-0.2, 0) is 4.79 Å². The van der Waals surface area contributed by atoms with Gasteiger partial charge >= 0.3 is 12.1 Å². The first-order valence-corrected chi connectivity index (χ1v) is 5.76. The van der Waals surface area contributed by atoms with Crippen molar-refractivity contribution in [1.82, 2.24) is 0 Å². The third kappa shape index (κ3) is 4.56. The molecule has 110 valence electrons. The number of benzene rings is 1. The molecule has 0 saturated heterocycles. The standard InChI is InChI=1S/C13H13F4NO2/c1-2-18(8-13(15,16)17)11-5-3-4-10(14)9(11)6-7-12(19)20/h3-7H,2,8H2,1H3,(H,19,20)/b7-6+. The molecular weight excluding hydrogens is 278 g/mol. The lowest BCUT2D eigenvalue weighted by molar-refractivity contribution is -0.131. The van der Waals surface area contributed by atoms with Gasteiger partial charge in [-0.25, -0.2) is 9.18 Å². The van der Waals surface area contributed by atoms with Crippen LogP contribution >= 0.6 is 0 Å². The first-order chi connectivity index (χ1) is 9.24. The Labute approximate surface area is 113 Å². The number of alkyl halides is 3. The smallest absolute Gasteiger partial charge is 0.405 e. The summed E-state index contributed by atoms with van der Waals surface area (Å²) in [4.78, 5) is 11.4. The number of hydrogen-bond donors (Lipinski definition) is 1. The van der Waals surface area contributed by atoms with Gasteiger partial charge in [0.15, 0.2) is 0 Å². The predicted molar refractivity (Wildman–Crippen MR) is 67.0 cm³/mol. The van der Waals surface area contributed by atoms with Crippen LogP contribution in [0.5, 0.6) is 0 Å². The molecule has 0 radical (unpaired) electrons. The van der Waals surface area contributed by atoms with Gasteiger partial charge in [-0.2, -0.15) is 13.2 Å². The van der Waals surface area contributed by atoms with Gasteiger partial charge < -0.3 is 10.0 Å². The Bertz CT molecular complexity index is 512. The van der Waals surface area contributed by atoms with Gasteiger partial charge in [0, 0.05) is 23.9 Å². The van der Waals surface area contributed by atoms with Crippen molar-refractivity contribution in [2.45, 2.75) is 13.1 Å². The summed E-state index contributed by atoms with van der Waals surface area (Å²) in [6, 6.07) is 3.66. The molecule has 1 aromatic rings. The lowest BCUT2D eigenvalue weighted by Gasteiger charge is -2.26. The quantitative estimate of drug-likeness (QED) is 0.668. The van der Waals surface area contributed by atoms with Crippen molar-refractivity contribution in [3.63, 3.8) is 0 Å². The maximum Gasteiger partial charge on any atom is 0.405 e. The molecule has 3 nitrogen and oxygen atoms in total. The van der Waals surface area contributed by atoms with E-state index in [4.69, 9.17) is 5.11 Å². The summed E-state index contributed by atoms with van der Waals surface area (Å²) in [5.74, 6) is -2.08. The fourth-order valence-corrected chi connectivity index (χ4v) is 1.70. The van der Waals surface area contributed by atoms with E-state index in [9.17, 15) is 22.4 Å². The number of hydrogen-bond acceptors (Lipinski definition) is 2. The maximum absolute atomic E-state index is 13.7. The third-order valence-corrected chi connectivity index (χ3v) is 2.52. The van der Waals surface area contributed by atoms with Crippen molar-refractivity contribution in [3.8, 4) is 0 Å². The fraction of sp³-hybridized carbons (Fsp3) is 0.308. The van der Waals surface area contributed by atoms with Crippen LogP contribution < -0.4 is 4.90 Å². The van der Waals surface area contributed by atoms with Crippen molar-refractivity contribution in [3.05, 3.63) is 35.7 Å². The molecule has 0 aliphatic carbocycles. The topological polar surface area (TPSA) is 40.5 Å². The molecule has 1 aromatic carbocycles. The molecule has 7 heteroatoms. The second-order valence-electron chi connectivity index (χ2n) is 3.97. The Kier molecular flexibility index (Phi) is 5.12.